The van der Waals surface area contributed by atoms with Crippen LogP contribution in [-0.4, -0.2) is 27.4 Å². The van der Waals surface area contributed by atoms with Crippen molar-refractivity contribution in [1.29, 1.82) is 0 Å². The minimum absolute atomic E-state index is 0.114. The molecule has 2 heterocycles. The van der Waals surface area contributed by atoms with Gasteiger partial charge >= 0.3 is 0 Å². The first-order valence-corrected chi connectivity index (χ1v) is 9.84. The largest absolute Gasteiger partial charge is 0.337 e. The maximum atomic E-state index is 12.8. The van der Waals surface area contributed by atoms with Crippen LogP contribution in [0.2, 0.25) is 0 Å². The number of pyridine rings is 2. The van der Waals surface area contributed by atoms with E-state index >= 15 is 0 Å². The van der Waals surface area contributed by atoms with Crippen LogP contribution in [0.15, 0.2) is 35.5 Å². The van der Waals surface area contributed by atoms with Crippen LogP contribution in [0.5, 0.6) is 0 Å². The number of alkyl halides is 2. The minimum Gasteiger partial charge on any atom is -0.337 e. The van der Waals surface area contributed by atoms with Gasteiger partial charge in [0, 0.05) is 19.0 Å². The summed E-state index contributed by atoms with van der Waals surface area (Å²) in [5.41, 5.74) is 0.909. The van der Waals surface area contributed by atoms with E-state index in [4.69, 9.17) is 0 Å². The Labute approximate surface area is 165 Å². The monoisotopic (exact) mass is 406 g/mol. The van der Waals surface area contributed by atoms with Gasteiger partial charge in [-0.05, 0) is 37.0 Å². The molecule has 3 rings (SSSR count). The molecule has 0 saturated heterocycles. The highest BCUT2D eigenvalue weighted by Gasteiger charge is 2.24. The lowest BCUT2D eigenvalue weighted by Gasteiger charge is -2.14. The summed E-state index contributed by atoms with van der Waals surface area (Å²) >= 11 is 0.360. The van der Waals surface area contributed by atoms with Gasteiger partial charge in [0.05, 0.1) is 22.5 Å². The van der Waals surface area contributed by atoms with Gasteiger partial charge in [0.2, 0.25) is 5.91 Å². The first-order chi connectivity index (χ1) is 13.5. The summed E-state index contributed by atoms with van der Waals surface area (Å²) in [7, 11) is 0. The van der Waals surface area contributed by atoms with Gasteiger partial charge in [-0.2, -0.15) is 8.78 Å². The van der Waals surface area contributed by atoms with Crippen molar-refractivity contribution in [3.63, 3.8) is 0 Å². The van der Waals surface area contributed by atoms with Crippen molar-refractivity contribution in [2.75, 3.05) is 10.6 Å². The number of aromatic nitrogens is 2. The number of halogens is 2. The Morgan fingerprint density at radius 3 is 2.79 bits per heavy atom. The van der Waals surface area contributed by atoms with E-state index in [9.17, 15) is 18.4 Å². The van der Waals surface area contributed by atoms with Gasteiger partial charge in [0.1, 0.15) is 11.5 Å². The summed E-state index contributed by atoms with van der Waals surface area (Å²) < 4.78 is 25.6. The Morgan fingerprint density at radius 1 is 1.32 bits per heavy atom. The zero-order chi connectivity index (χ0) is 20.1. The maximum Gasteiger partial charge on any atom is 0.289 e. The van der Waals surface area contributed by atoms with Crippen LogP contribution in [0.1, 0.15) is 43.1 Å². The van der Waals surface area contributed by atoms with Crippen LogP contribution in [0.4, 0.5) is 26.0 Å². The lowest BCUT2D eigenvalue weighted by atomic mass is 10.1. The quantitative estimate of drug-likeness (QED) is 0.457. The summed E-state index contributed by atoms with van der Waals surface area (Å²) in [5.74, 6) is -2.29. The number of nitrogens with one attached hydrogen (secondary N) is 2. The third kappa shape index (κ3) is 5.48. The molecule has 1 aliphatic carbocycles. The predicted molar refractivity (Wildman–Crippen MR) is 104 cm³/mol. The summed E-state index contributed by atoms with van der Waals surface area (Å²) in [6, 6.07) is 4.65. The highest BCUT2D eigenvalue weighted by Crippen LogP contribution is 2.34. The van der Waals surface area contributed by atoms with Crippen LogP contribution in [0.3, 0.4) is 0 Å². The lowest BCUT2D eigenvalue weighted by molar-refractivity contribution is -0.116. The zero-order valence-corrected chi connectivity index (χ0v) is 16.1. The SMILES string of the molecule is CCC(=O)c1ncc(NC(=O)CC2CC2)cc1Nc1ncccc1SC(F)F. The molecular weight excluding hydrogens is 386 g/mol. The van der Waals surface area contributed by atoms with Crippen LogP contribution in [0.25, 0.3) is 0 Å². The van der Waals surface area contributed by atoms with Crippen LogP contribution >= 0.6 is 11.8 Å². The van der Waals surface area contributed by atoms with Crippen molar-refractivity contribution in [3.05, 3.63) is 36.3 Å². The number of thioether (sulfide) groups is 1. The second-order valence-corrected chi connectivity index (χ2v) is 7.48. The highest BCUT2D eigenvalue weighted by molar-refractivity contribution is 7.99. The molecule has 1 aliphatic rings. The first-order valence-electron chi connectivity index (χ1n) is 8.96. The number of ketones is 1. The molecule has 2 aromatic heterocycles. The number of rotatable bonds is 9. The molecule has 0 radical (unpaired) electrons. The highest BCUT2D eigenvalue weighted by atomic mass is 32.2. The van der Waals surface area contributed by atoms with Crippen LogP contribution in [-0.2, 0) is 4.79 Å². The Kier molecular flexibility index (Phi) is 6.56. The number of carbonyl (C=O) groups excluding carboxylic acids is 2. The fourth-order valence-electron chi connectivity index (χ4n) is 2.62. The van der Waals surface area contributed by atoms with Gasteiger partial charge < -0.3 is 10.6 Å². The zero-order valence-electron chi connectivity index (χ0n) is 15.2. The van der Waals surface area contributed by atoms with Crippen LogP contribution in [0, 0.1) is 5.92 Å². The van der Waals surface area contributed by atoms with Gasteiger partial charge in [-0.25, -0.2) is 9.97 Å². The summed E-state index contributed by atoms with van der Waals surface area (Å²) in [5, 5.41) is 5.70. The van der Waals surface area contributed by atoms with Crippen molar-refractivity contribution in [2.24, 2.45) is 5.92 Å². The Morgan fingerprint density at radius 2 is 2.11 bits per heavy atom. The first kappa shape index (κ1) is 20.2. The van der Waals surface area contributed by atoms with Gasteiger partial charge in [0.15, 0.2) is 5.78 Å². The molecule has 1 saturated carbocycles. The molecular formula is C19H20F2N4O2S. The van der Waals surface area contributed by atoms with Gasteiger partial charge in [0.25, 0.3) is 5.76 Å². The second-order valence-electron chi connectivity index (χ2n) is 6.45. The van der Waals surface area contributed by atoms with Crippen molar-refractivity contribution in [2.45, 2.75) is 43.3 Å². The van der Waals surface area contributed by atoms with Gasteiger partial charge in [-0.15, -0.1) is 0 Å². The number of anilines is 3. The average Bonchev–Trinajstić information content (AvgIpc) is 3.46. The Bertz CT molecular complexity index is 875. The standard InChI is InChI=1S/C19H20F2N4O2S/c1-2-14(26)17-13(25-18-15(28-19(20)21)4-3-7-22-18)9-12(10-23-17)24-16(27)8-11-5-6-11/h3-4,7,9-11,19H,2,5-6,8H2,1H3,(H,22,25)(H,24,27). The Balaban J connectivity index is 1.87. The van der Waals surface area contributed by atoms with E-state index in [1.165, 1.54) is 18.5 Å². The fraction of sp³-hybridized carbons (Fsp3) is 0.368. The predicted octanol–water partition coefficient (Wildman–Crippen LogP) is 4.87. The molecule has 0 aromatic carbocycles. The normalized spacial score (nSPS) is 13.4. The number of amides is 1. The summed E-state index contributed by atoms with van der Waals surface area (Å²) in [6.45, 7) is 1.71. The number of hydrogen-bond acceptors (Lipinski definition) is 6. The molecule has 0 aliphatic heterocycles. The lowest BCUT2D eigenvalue weighted by Crippen LogP contribution is -2.14. The van der Waals surface area contributed by atoms with Crippen molar-refractivity contribution in [1.82, 2.24) is 9.97 Å². The third-order valence-electron chi connectivity index (χ3n) is 4.17. The topological polar surface area (TPSA) is 84.0 Å². The summed E-state index contributed by atoms with van der Waals surface area (Å²) in [6.07, 6.45) is 5.70. The number of nitrogens with zero attached hydrogens (tertiary/aromatic N) is 2. The van der Waals surface area contributed by atoms with E-state index < -0.39 is 5.76 Å². The maximum absolute atomic E-state index is 12.8. The van der Waals surface area contributed by atoms with E-state index in [1.54, 1.807) is 19.1 Å². The molecule has 148 valence electrons. The number of Topliss-reactive ketones (excluding diaryl/α,β-unsaturated/α-hetero) is 1. The molecule has 1 amide bonds. The third-order valence-corrected chi connectivity index (χ3v) is 4.93. The van der Waals surface area contributed by atoms with Gasteiger partial charge in [-0.3, -0.25) is 9.59 Å². The molecule has 0 bridgehead atoms. The van der Waals surface area contributed by atoms with Crippen molar-refractivity contribution >= 4 is 40.6 Å². The smallest absolute Gasteiger partial charge is 0.289 e. The molecule has 9 heteroatoms. The van der Waals surface area contributed by atoms with Gasteiger partial charge in [-0.1, -0.05) is 18.7 Å². The molecule has 0 atom stereocenters. The average molecular weight is 406 g/mol. The van der Waals surface area contributed by atoms with E-state index in [1.807, 2.05) is 0 Å². The molecule has 28 heavy (non-hydrogen) atoms. The fourth-order valence-corrected chi connectivity index (χ4v) is 3.18. The summed E-state index contributed by atoms with van der Waals surface area (Å²) in [4.78, 5) is 32.8. The van der Waals surface area contributed by atoms with Crippen LogP contribution < -0.4 is 10.6 Å². The number of hydrogen-bond donors (Lipinski definition) is 2. The van der Waals surface area contributed by atoms with E-state index in [0.717, 1.165) is 12.8 Å². The molecule has 0 unspecified atom stereocenters. The minimum atomic E-state index is -2.60. The van der Waals surface area contributed by atoms with E-state index in [-0.39, 0.29) is 34.5 Å². The van der Waals surface area contributed by atoms with Crippen molar-refractivity contribution < 1.29 is 18.4 Å². The molecule has 2 N–H and O–H groups in total. The molecule has 6 nitrogen and oxygen atoms in total. The molecule has 1 fully saturated rings. The van der Waals surface area contributed by atoms with E-state index in [2.05, 4.69) is 20.6 Å². The van der Waals surface area contributed by atoms with E-state index in [0.29, 0.717) is 35.5 Å². The second kappa shape index (κ2) is 9.09. The number of carbonyl (C=O) groups is 2. The molecule has 0 spiro atoms. The Hall–Kier alpha value is -2.55. The van der Waals surface area contributed by atoms with Crippen molar-refractivity contribution in [3.8, 4) is 0 Å². The molecule has 2 aromatic rings.